The molecule has 0 amide bonds. The lowest BCUT2D eigenvalue weighted by Gasteiger charge is -2.14. The van der Waals surface area contributed by atoms with Gasteiger partial charge in [-0.1, -0.05) is 36.5 Å². The molecule has 1 aromatic rings. The van der Waals surface area contributed by atoms with Crippen LogP contribution < -0.4 is 10.5 Å². The first-order chi connectivity index (χ1) is 8.85. The van der Waals surface area contributed by atoms with Crippen molar-refractivity contribution in [3.8, 4) is 0 Å². The van der Waals surface area contributed by atoms with Gasteiger partial charge in [-0.15, -0.1) is 0 Å². The van der Waals surface area contributed by atoms with Gasteiger partial charge >= 0.3 is 0 Å². The number of thiocarbonyl (C=S) groups is 1. The summed E-state index contributed by atoms with van der Waals surface area (Å²) in [6.07, 6.45) is 0. The second-order valence-corrected chi connectivity index (χ2v) is 6.45. The fourth-order valence-corrected chi connectivity index (χ4v) is 3.35. The predicted octanol–water partition coefficient (Wildman–Crippen LogP) is 0.775. The summed E-state index contributed by atoms with van der Waals surface area (Å²) in [6, 6.07) is 6.66. The third-order valence-electron chi connectivity index (χ3n) is 2.43. The van der Waals surface area contributed by atoms with Crippen molar-refractivity contribution in [1.29, 1.82) is 0 Å². The monoisotopic (exact) mass is 302 g/mol. The number of hydrogen-bond acceptors (Lipinski definition) is 4. The minimum Gasteiger partial charge on any atom is -0.389 e. The first-order valence-corrected chi connectivity index (χ1v) is 7.78. The second-order valence-electron chi connectivity index (χ2n) is 4.25. The van der Waals surface area contributed by atoms with Crippen LogP contribution in [0.5, 0.6) is 0 Å². The Bertz CT molecular complexity index is 544. The maximum absolute atomic E-state index is 12.0. The zero-order chi connectivity index (χ0) is 14.5. The van der Waals surface area contributed by atoms with E-state index in [2.05, 4.69) is 4.72 Å². The lowest BCUT2D eigenvalue weighted by atomic mass is 10.1. The van der Waals surface area contributed by atoms with Gasteiger partial charge in [-0.2, -0.15) is 0 Å². The van der Waals surface area contributed by atoms with E-state index in [1.807, 2.05) is 0 Å². The van der Waals surface area contributed by atoms with E-state index < -0.39 is 10.0 Å². The van der Waals surface area contributed by atoms with E-state index in [9.17, 15) is 8.42 Å². The topological polar surface area (TPSA) is 81.4 Å². The van der Waals surface area contributed by atoms with E-state index in [0.29, 0.717) is 17.7 Å². The number of hydrogen-bond donors (Lipinski definition) is 2. The van der Waals surface area contributed by atoms with E-state index in [-0.39, 0.29) is 16.8 Å². The largest absolute Gasteiger partial charge is 0.389 e. The second kappa shape index (κ2) is 6.95. The van der Waals surface area contributed by atoms with Gasteiger partial charge in [0.25, 0.3) is 0 Å². The van der Waals surface area contributed by atoms with Crippen molar-refractivity contribution in [2.45, 2.75) is 18.7 Å². The molecule has 7 heteroatoms. The molecule has 19 heavy (non-hydrogen) atoms. The Labute approximate surface area is 119 Å². The molecular formula is C12H18N2O3S2. The molecule has 0 saturated carbocycles. The van der Waals surface area contributed by atoms with Crippen LogP contribution in [-0.2, 0) is 20.5 Å². The molecule has 0 saturated heterocycles. The average molecular weight is 302 g/mol. The molecule has 1 atom stereocenters. The van der Waals surface area contributed by atoms with Crippen LogP contribution in [0, 0.1) is 0 Å². The van der Waals surface area contributed by atoms with Crippen LogP contribution in [0.15, 0.2) is 24.3 Å². The Morgan fingerprint density at radius 2 is 2.11 bits per heavy atom. The molecule has 0 spiro atoms. The lowest BCUT2D eigenvalue weighted by Crippen LogP contribution is -2.36. The predicted molar refractivity (Wildman–Crippen MR) is 79.4 cm³/mol. The zero-order valence-corrected chi connectivity index (χ0v) is 12.6. The van der Waals surface area contributed by atoms with Gasteiger partial charge in [0.15, 0.2) is 0 Å². The fraction of sp³-hybridized carbons (Fsp3) is 0.417. The zero-order valence-electron chi connectivity index (χ0n) is 10.9. The van der Waals surface area contributed by atoms with Crippen LogP contribution in [0.25, 0.3) is 0 Å². The number of nitrogens with one attached hydrogen (secondary N) is 1. The highest BCUT2D eigenvalue weighted by atomic mass is 32.2. The van der Waals surface area contributed by atoms with Crippen LogP contribution in [0.2, 0.25) is 0 Å². The smallest absolute Gasteiger partial charge is 0.216 e. The number of methoxy groups -OCH3 is 1. The van der Waals surface area contributed by atoms with Crippen molar-refractivity contribution in [3.63, 3.8) is 0 Å². The Kier molecular flexibility index (Phi) is 5.86. The average Bonchev–Trinajstić information content (AvgIpc) is 2.28. The number of benzene rings is 1. The fourth-order valence-electron chi connectivity index (χ4n) is 1.72. The van der Waals surface area contributed by atoms with Crippen molar-refractivity contribution >= 4 is 27.2 Å². The van der Waals surface area contributed by atoms with Gasteiger partial charge in [0, 0.05) is 18.7 Å². The molecule has 1 rings (SSSR count). The molecular weight excluding hydrogens is 284 g/mol. The summed E-state index contributed by atoms with van der Waals surface area (Å²) in [7, 11) is -1.94. The first kappa shape index (κ1) is 16.0. The quantitative estimate of drug-likeness (QED) is 0.727. The van der Waals surface area contributed by atoms with Gasteiger partial charge in [0.2, 0.25) is 10.0 Å². The van der Waals surface area contributed by atoms with Crippen molar-refractivity contribution in [1.82, 2.24) is 4.72 Å². The highest BCUT2D eigenvalue weighted by Crippen LogP contribution is 2.12. The Morgan fingerprint density at radius 3 is 2.68 bits per heavy atom. The lowest BCUT2D eigenvalue weighted by molar-refractivity contribution is 0.180. The number of sulfonamides is 1. The van der Waals surface area contributed by atoms with Gasteiger partial charge < -0.3 is 10.5 Å². The summed E-state index contributed by atoms with van der Waals surface area (Å²) >= 11 is 4.91. The third-order valence-corrected chi connectivity index (χ3v) is 4.10. The molecule has 0 heterocycles. The van der Waals surface area contributed by atoms with Gasteiger partial charge in [-0.3, -0.25) is 0 Å². The van der Waals surface area contributed by atoms with Crippen LogP contribution in [0.1, 0.15) is 18.1 Å². The summed E-state index contributed by atoms with van der Waals surface area (Å²) in [5, 5.41) is 0. The van der Waals surface area contributed by atoms with Crippen LogP contribution in [0.4, 0.5) is 0 Å². The van der Waals surface area contributed by atoms with Crippen LogP contribution in [-0.4, -0.2) is 33.2 Å². The number of rotatable bonds is 7. The summed E-state index contributed by atoms with van der Waals surface area (Å²) in [5.74, 6) is -0.158. The Hall–Kier alpha value is -1.02. The standard InChI is InChI=1S/C12H18N2O3S2/c1-9(7-17-2)14-19(15,16)8-10-5-3-4-6-11(10)12(13)18/h3-6,9,14H,7-8H2,1-2H3,(H2,13,18). The molecule has 0 aliphatic rings. The molecule has 3 N–H and O–H groups in total. The van der Waals surface area contributed by atoms with Gasteiger partial charge in [0.1, 0.15) is 4.99 Å². The summed E-state index contributed by atoms with van der Waals surface area (Å²) in [4.78, 5) is 0.190. The Balaban J connectivity index is 2.87. The highest BCUT2D eigenvalue weighted by molar-refractivity contribution is 7.88. The molecule has 0 aromatic heterocycles. The van der Waals surface area contributed by atoms with Crippen molar-refractivity contribution < 1.29 is 13.2 Å². The molecule has 0 aliphatic carbocycles. The van der Waals surface area contributed by atoms with Crippen molar-refractivity contribution in [2.24, 2.45) is 5.73 Å². The maximum Gasteiger partial charge on any atom is 0.216 e. The Morgan fingerprint density at radius 1 is 1.47 bits per heavy atom. The molecule has 1 unspecified atom stereocenters. The summed E-state index contributed by atoms with van der Waals surface area (Å²) < 4.78 is 31.4. The number of ether oxygens (including phenoxy) is 1. The van der Waals surface area contributed by atoms with E-state index in [1.165, 1.54) is 7.11 Å². The van der Waals surface area contributed by atoms with E-state index in [0.717, 1.165) is 0 Å². The van der Waals surface area contributed by atoms with Gasteiger partial charge in [0.05, 0.1) is 12.4 Å². The minimum absolute atomic E-state index is 0.158. The highest BCUT2D eigenvalue weighted by Gasteiger charge is 2.17. The molecule has 0 fully saturated rings. The molecule has 1 aromatic carbocycles. The summed E-state index contributed by atoms with van der Waals surface area (Å²) in [6.45, 7) is 2.05. The third kappa shape index (κ3) is 5.23. The molecule has 5 nitrogen and oxygen atoms in total. The molecule has 106 valence electrons. The maximum atomic E-state index is 12.0. The molecule has 0 bridgehead atoms. The van der Waals surface area contributed by atoms with Gasteiger partial charge in [-0.25, -0.2) is 13.1 Å². The normalized spacial score (nSPS) is 13.2. The first-order valence-electron chi connectivity index (χ1n) is 5.72. The molecule has 0 radical (unpaired) electrons. The van der Waals surface area contributed by atoms with E-state index in [1.54, 1.807) is 31.2 Å². The number of nitrogens with two attached hydrogens (primary N) is 1. The van der Waals surface area contributed by atoms with E-state index in [4.69, 9.17) is 22.7 Å². The minimum atomic E-state index is -3.46. The van der Waals surface area contributed by atoms with Crippen LogP contribution in [0.3, 0.4) is 0 Å². The summed E-state index contributed by atoms with van der Waals surface area (Å²) in [5.41, 5.74) is 6.75. The van der Waals surface area contributed by atoms with Crippen molar-refractivity contribution in [3.05, 3.63) is 35.4 Å². The van der Waals surface area contributed by atoms with Crippen molar-refractivity contribution in [2.75, 3.05) is 13.7 Å². The van der Waals surface area contributed by atoms with Crippen LogP contribution >= 0.6 is 12.2 Å². The SMILES string of the molecule is COCC(C)NS(=O)(=O)Cc1ccccc1C(N)=S. The van der Waals surface area contributed by atoms with Gasteiger partial charge in [-0.05, 0) is 12.5 Å². The molecule has 0 aliphatic heterocycles. The van der Waals surface area contributed by atoms with E-state index >= 15 is 0 Å².